The molecule has 0 radical (unpaired) electrons. The number of ether oxygens (including phenoxy) is 1. The second-order valence-corrected chi connectivity index (χ2v) is 6.41. The molecule has 1 unspecified atom stereocenters. The molecule has 4 nitrogen and oxygen atoms in total. The molecule has 26 heavy (non-hydrogen) atoms. The van der Waals surface area contributed by atoms with Crippen LogP contribution in [-0.2, 0) is 0 Å². The molecule has 2 aromatic rings. The van der Waals surface area contributed by atoms with Crippen molar-refractivity contribution in [3.8, 4) is 5.75 Å². The van der Waals surface area contributed by atoms with Crippen molar-refractivity contribution in [3.05, 3.63) is 54.1 Å². The van der Waals surface area contributed by atoms with Crippen molar-refractivity contribution in [1.29, 1.82) is 0 Å². The quantitative estimate of drug-likeness (QED) is 0.856. The molecular formula is C19H19F3N2O2. The zero-order valence-electron chi connectivity index (χ0n) is 14.2. The van der Waals surface area contributed by atoms with Crippen LogP contribution in [0.4, 0.5) is 24.5 Å². The van der Waals surface area contributed by atoms with Crippen LogP contribution in [0.2, 0.25) is 0 Å². The number of benzene rings is 2. The summed E-state index contributed by atoms with van der Waals surface area (Å²) in [5.41, 5.74) is 1.99. The van der Waals surface area contributed by atoms with Gasteiger partial charge in [0.15, 0.2) is 0 Å². The summed E-state index contributed by atoms with van der Waals surface area (Å²) in [6, 6.07) is 12.3. The molecule has 1 heterocycles. The van der Waals surface area contributed by atoms with Crippen LogP contribution in [0.15, 0.2) is 48.5 Å². The monoisotopic (exact) mass is 364 g/mol. The number of nitrogens with zero attached hydrogens (tertiary/aromatic N) is 1. The third-order valence-corrected chi connectivity index (χ3v) is 4.26. The van der Waals surface area contributed by atoms with Crippen molar-refractivity contribution in [2.75, 3.05) is 23.3 Å². The van der Waals surface area contributed by atoms with Gasteiger partial charge in [0.05, 0.1) is 0 Å². The highest BCUT2D eigenvalue weighted by Crippen LogP contribution is 2.25. The summed E-state index contributed by atoms with van der Waals surface area (Å²) in [5, 5.41) is 2.73. The summed E-state index contributed by atoms with van der Waals surface area (Å²) in [4.78, 5) is 14.5. The number of nitrogens with one attached hydrogen (secondary N) is 1. The molecule has 1 fully saturated rings. The van der Waals surface area contributed by atoms with Gasteiger partial charge in [0, 0.05) is 30.0 Å². The summed E-state index contributed by atoms with van der Waals surface area (Å²) in [6.07, 6.45) is -3.58. The molecule has 0 aliphatic carbocycles. The highest BCUT2D eigenvalue weighted by atomic mass is 19.4. The number of hydrogen-bond acceptors (Lipinski definition) is 3. The second-order valence-electron chi connectivity index (χ2n) is 6.41. The maximum Gasteiger partial charge on any atom is 0.573 e. The first-order chi connectivity index (χ1) is 12.3. The van der Waals surface area contributed by atoms with Gasteiger partial charge in [-0.25, -0.2) is 0 Å². The number of rotatable bonds is 4. The number of hydrogen-bond donors (Lipinski definition) is 1. The van der Waals surface area contributed by atoms with Crippen molar-refractivity contribution in [1.82, 2.24) is 0 Å². The Morgan fingerprint density at radius 1 is 1.12 bits per heavy atom. The van der Waals surface area contributed by atoms with E-state index in [9.17, 15) is 18.0 Å². The third kappa shape index (κ3) is 4.68. The highest BCUT2D eigenvalue weighted by Gasteiger charge is 2.31. The van der Waals surface area contributed by atoms with E-state index in [2.05, 4.69) is 21.9 Å². The van der Waals surface area contributed by atoms with Crippen molar-refractivity contribution >= 4 is 17.3 Å². The van der Waals surface area contributed by atoms with E-state index in [1.54, 1.807) is 0 Å². The summed E-state index contributed by atoms with van der Waals surface area (Å²) >= 11 is 0. The lowest BCUT2D eigenvalue weighted by Gasteiger charge is -2.18. The van der Waals surface area contributed by atoms with Gasteiger partial charge in [-0.2, -0.15) is 0 Å². The normalized spacial score (nSPS) is 17.2. The predicted molar refractivity (Wildman–Crippen MR) is 93.5 cm³/mol. The van der Waals surface area contributed by atoms with Crippen molar-refractivity contribution in [2.45, 2.75) is 19.7 Å². The van der Waals surface area contributed by atoms with E-state index < -0.39 is 12.3 Å². The Hall–Kier alpha value is -2.70. The van der Waals surface area contributed by atoms with E-state index in [-0.39, 0.29) is 11.3 Å². The molecule has 7 heteroatoms. The largest absolute Gasteiger partial charge is 0.573 e. The first-order valence-corrected chi connectivity index (χ1v) is 8.32. The number of carbonyl (C=O) groups excluding carboxylic acids is 1. The summed E-state index contributed by atoms with van der Waals surface area (Å²) < 4.78 is 40.2. The molecule has 2 aromatic carbocycles. The number of anilines is 2. The molecule has 138 valence electrons. The molecule has 1 amide bonds. The maximum atomic E-state index is 12.2. The lowest BCUT2D eigenvalue weighted by atomic mass is 10.2. The van der Waals surface area contributed by atoms with Crippen LogP contribution in [0.3, 0.4) is 0 Å². The fraction of sp³-hybridized carbons (Fsp3) is 0.316. The molecule has 1 atom stereocenters. The molecule has 1 N–H and O–H groups in total. The minimum atomic E-state index is -4.75. The molecule has 1 aliphatic rings. The van der Waals surface area contributed by atoms with Crippen LogP contribution in [0.25, 0.3) is 0 Å². The molecular weight excluding hydrogens is 345 g/mol. The van der Waals surface area contributed by atoms with Gasteiger partial charge in [0.2, 0.25) is 0 Å². The zero-order valence-corrected chi connectivity index (χ0v) is 14.2. The predicted octanol–water partition coefficient (Wildman–Crippen LogP) is 4.68. The third-order valence-electron chi connectivity index (χ3n) is 4.26. The topological polar surface area (TPSA) is 41.6 Å². The standard InChI is InChI=1S/C19H19F3N2O2/c1-13-10-11-24(12-13)16-6-4-15(5-7-16)23-18(25)14-2-8-17(9-3-14)26-19(20,21)22/h2-9,13H,10-12H2,1H3,(H,23,25). The van der Waals surface area contributed by atoms with E-state index in [1.807, 2.05) is 24.3 Å². The lowest BCUT2D eigenvalue weighted by molar-refractivity contribution is -0.274. The maximum absolute atomic E-state index is 12.2. The van der Waals surface area contributed by atoms with Gasteiger partial charge >= 0.3 is 6.36 Å². The summed E-state index contributed by atoms with van der Waals surface area (Å²) in [6.45, 7) is 4.27. The average Bonchev–Trinajstić information content (AvgIpc) is 3.01. The van der Waals surface area contributed by atoms with E-state index in [0.29, 0.717) is 11.6 Å². The number of halogens is 3. The van der Waals surface area contributed by atoms with E-state index in [4.69, 9.17) is 0 Å². The Morgan fingerprint density at radius 3 is 2.31 bits per heavy atom. The Labute approximate surface area is 149 Å². The fourth-order valence-electron chi connectivity index (χ4n) is 2.94. The van der Waals surface area contributed by atoms with Crippen molar-refractivity contribution < 1.29 is 22.7 Å². The van der Waals surface area contributed by atoms with Crippen LogP contribution in [-0.4, -0.2) is 25.4 Å². The van der Waals surface area contributed by atoms with E-state index in [0.717, 1.165) is 30.9 Å². The Bertz CT molecular complexity index is 758. The number of carbonyl (C=O) groups is 1. The van der Waals surface area contributed by atoms with Crippen LogP contribution in [0.1, 0.15) is 23.7 Å². The van der Waals surface area contributed by atoms with Crippen LogP contribution in [0.5, 0.6) is 5.75 Å². The Kier molecular flexibility index (Phi) is 5.06. The first-order valence-electron chi connectivity index (χ1n) is 8.32. The molecule has 0 saturated carbocycles. The van der Waals surface area contributed by atoms with Gasteiger partial charge in [-0.05, 0) is 60.9 Å². The van der Waals surface area contributed by atoms with Gasteiger partial charge in [-0.3, -0.25) is 4.79 Å². The van der Waals surface area contributed by atoms with Gasteiger partial charge in [-0.1, -0.05) is 6.92 Å². The molecule has 3 rings (SSSR count). The highest BCUT2D eigenvalue weighted by molar-refractivity contribution is 6.04. The summed E-state index contributed by atoms with van der Waals surface area (Å²) in [7, 11) is 0. The van der Waals surface area contributed by atoms with Crippen LogP contribution >= 0.6 is 0 Å². The van der Waals surface area contributed by atoms with Gasteiger partial charge < -0.3 is 15.0 Å². The van der Waals surface area contributed by atoms with E-state index >= 15 is 0 Å². The Morgan fingerprint density at radius 2 is 1.77 bits per heavy atom. The van der Waals surface area contributed by atoms with E-state index in [1.165, 1.54) is 18.6 Å². The van der Waals surface area contributed by atoms with Crippen molar-refractivity contribution in [2.24, 2.45) is 5.92 Å². The minimum absolute atomic E-state index is 0.247. The lowest BCUT2D eigenvalue weighted by Crippen LogP contribution is -2.19. The van der Waals surface area contributed by atoms with Gasteiger partial charge in [0.1, 0.15) is 5.75 Å². The number of amides is 1. The van der Waals surface area contributed by atoms with Crippen LogP contribution in [0, 0.1) is 5.92 Å². The second kappa shape index (κ2) is 7.27. The smallest absolute Gasteiger partial charge is 0.406 e. The number of alkyl halides is 3. The zero-order chi connectivity index (χ0) is 18.7. The molecule has 1 aliphatic heterocycles. The molecule has 1 saturated heterocycles. The van der Waals surface area contributed by atoms with Gasteiger partial charge in [-0.15, -0.1) is 13.2 Å². The molecule has 0 spiro atoms. The minimum Gasteiger partial charge on any atom is -0.406 e. The fourth-order valence-corrected chi connectivity index (χ4v) is 2.94. The molecule has 0 bridgehead atoms. The van der Waals surface area contributed by atoms with Crippen LogP contribution < -0.4 is 15.0 Å². The summed E-state index contributed by atoms with van der Waals surface area (Å²) in [5.74, 6) is -0.0805. The van der Waals surface area contributed by atoms with Gasteiger partial charge in [0.25, 0.3) is 5.91 Å². The Balaban J connectivity index is 1.61. The SMILES string of the molecule is CC1CCN(c2ccc(NC(=O)c3ccc(OC(F)(F)F)cc3)cc2)C1. The first kappa shape index (κ1) is 18.1. The average molecular weight is 364 g/mol. The molecule has 0 aromatic heterocycles. The van der Waals surface area contributed by atoms with Crippen molar-refractivity contribution in [3.63, 3.8) is 0 Å².